The van der Waals surface area contributed by atoms with Crippen LogP contribution in [0.25, 0.3) is 0 Å². The molecular formula is C18H17ClFN5O3. The Kier molecular flexibility index (Phi) is 5.74. The number of anilines is 1. The number of halogens is 2. The minimum Gasteiger partial charge on any atom is -0.461 e. The van der Waals surface area contributed by atoms with Crippen molar-refractivity contribution in [2.45, 2.75) is 13.5 Å². The predicted octanol–water partition coefficient (Wildman–Crippen LogP) is 2.89. The zero-order valence-electron chi connectivity index (χ0n) is 15.1. The Bertz CT molecular complexity index is 1030. The summed E-state index contributed by atoms with van der Waals surface area (Å²) in [6.07, 6.45) is 1.48. The van der Waals surface area contributed by atoms with E-state index in [-0.39, 0.29) is 41.2 Å². The van der Waals surface area contributed by atoms with Crippen LogP contribution in [0.3, 0.4) is 0 Å². The number of amides is 1. The first-order valence-electron chi connectivity index (χ1n) is 8.38. The van der Waals surface area contributed by atoms with Crippen molar-refractivity contribution in [3.05, 3.63) is 64.3 Å². The van der Waals surface area contributed by atoms with Crippen LogP contribution in [0.4, 0.5) is 10.2 Å². The predicted molar refractivity (Wildman–Crippen MR) is 99.9 cm³/mol. The van der Waals surface area contributed by atoms with Gasteiger partial charge in [-0.1, -0.05) is 29.8 Å². The molecule has 1 aromatic carbocycles. The van der Waals surface area contributed by atoms with E-state index in [1.165, 1.54) is 34.7 Å². The Labute approximate surface area is 164 Å². The van der Waals surface area contributed by atoms with Crippen LogP contribution in [-0.4, -0.2) is 38.0 Å². The summed E-state index contributed by atoms with van der Waals surface area (Å²) in [6.45, 7) is 2.04. The molecule has 0 spiro atoms. The Balaban J connectivity index is 1.74. The van der Waals surface area contributed by atoms with Gasteiger partial charge in [-0.25, -0.2) is 9.18 Å². The zero-order chi connectivity index (χ0) is 20.3. The molecule has 3 rings (SSSR count). The summed E-state index contributed by atoms with van der Waals surface area (Å²) in [5, 5.41) is 10.9. The normalized spacial score (nSPS) is 10.7. The van der Waals surface area contributed by atoms with E-state index < -0.39 is 11.9 Å². The Hall–Kier alpha value is -3.20. The van der Waals surface area contributed by atoms with E-state index in [0.717, 1.165) is 0 Å². The lowest BCUT2D eigenvalue weighted by molar-refractivity contribution is 0.0513. The second kappa shape index (κ2) is 8.22. The van der Waals surface area contributed by atoms with Crippen molar-refractivity contribution in [1.82, 2.24) is 19.6 Å². The fraction of sp³-hybridized carbons (Fsp3) is 0.222. The average Bonchev–Trinajstić information content (AvgIpc) is 3.20. The van der Waals surface area contributed by atoms with Crippen LogP contribution < -0.4 is 5.32 Å². The molecule has 0 atom stereocenters. The number of aromatic nitrogens is 4. The number of nitrogens with one attached hydrogen (secondary N) is 1. The first-order chi connectivity index (χ1) is 13.4. The van der Waals surface area contributed by atoms with Crippen LogP contribution in [0.2, 0.25) is 5.02 Å². The lowest BCUT2D eigenvalue weighted by atomic mass is 10.2. The Morgan fingerprint density at radius 1 is 1.29 bits per heavy atom. The molecule has 28 heavy (non-hydrogen) atoms. The number of carbonyl (C=O) groups is 2. The van der Waals surface area contributed by atoms with Gasteiger partial charge in [-0.05, 0) is 13.0 Å². The number of aryl methyl sites for hydroxylation is 1. The molecule has 0 radical (unpaired) electrons. The third kappa shape index (κ3) is 4.20. The van der Waals surface area contributed by atoms with Gasteiger partial charge in [0.25, 0.3) is 5.91 Å². The van der Waals surface area contributed by atoms with Crippen LogP contribution in [0.1, 0.15) is 33.5 Å². The van der Waals surface area contributed by atoms with Crippen molar-refractivity contribution in [1.29, 1.82) is 0 Å². The lowest BCUT2D eigenvalue weighted by Gasteiger charge is -2.03. The van der Waals surface area contributed by atoms with Gasteiger partial charge >= 0.3 is 5.97 Å². The standard InChI is InChI=1S/C18H17ClFN5O3/c1-3-28-18(27)15-8-14(22-24(15)2)17(26)21-16-12(19)10-25(23-16)9-11-6-4-5-7-13(11)20/h4-8,10H,3,9H2,1-2H3,(H,21,23,26). The van der Waals surface area contributed by atoms with E-state index in [1.54, 1.807) is 25.1 Å². The molecule has 0 aliphatic heterocycles. The van der Waals surface area contributed by atoms with Crippen molar-refractivity contribution in [3.63, 3.8) is 0 Å². The highest BCUT2D eigenvalue weighted by Gasteiger charge is 2.20. The number of hydrogen-bond donors (Lipinski definition) is 1. The number of nitrogens with zero attached hydrogens (tertiary/aromatic N) is 4. The molecular weight excluding hydrogens is 389 g/mol. The molecule has 0 saturated heterocycles. The largest absolute Gasteiger partial charge is 0.461 e. The molecule has 1 amide bonds. The maximum absolute atomic E-state index is 13.8. The van der Waals surface area contributed by atoms with E-state index in [2.05, 4.69) is 15.5 Å². The highest BCUT2D eigenvalue weighted by molar-refractivity contribution is 6.33. The number of esters is 1. The third-order valence-electron chi connectivity index (χ3n) is 3.84. The van der Waals surface area contributed by atoms with Gasteiger partial charge in [-0.3, -0.25) is 14.2 Å². The summed E-state index contributed by atoms with van der Waals surface area (Å²) in [6, 6.07) is 7.61. The first kappa shape index (κ1) is 19.6. The first-order valence-corrected chi connectivity index (χ1v) is 8.75. The Morgan fingerprint density at radius 3 is 2.75 bits per heavy atom. The van der Waals surface area contributed by atoms with Crippen LogP contribution in [0.5, 0.6) is 0 Å². The number of hydrogen-bond acceptors (Lipinski definition) is 5. The molecule has 1 N–H and O–H groups in total. The quantitative estimate of drug-likeness (QED) is 0.637. The minimum absolute atomic E-state index is 0.00488. The van der Waals surface area contributed by atoms with Gasteiger partial charge < -0.3 is 10.1 Å². The molecule has 2 heterocycles. The minimum atomic E-state index is -0.593. The number of carbonyl (C=O) groups excluding carboxylic acids is 2. The third-order valence-corrected chi connectivity index (χ3v) is 4.11. The van der Waals surface area contributed by atoms with Crippen molar-refractivity contribution in [3.8, 4) is 0 Å². The molecule has 2 aromatic heterocycles. The molecule has 0 fully saturated rings. The van der Waals surface area contributed by atoms with Crippen LogP contribution in [-0.2, 0) is 18.3 Å². The molecule has 8 nitrogen and oxygen atoms in total. The summed E-state index contributed by atoms with van der Waals surface area (Å²) in [5.41, 5.74) is 0.580. The molecule has 0 bridgehead atoms. The monoisotopic (exact) mass is 405 g/mol. The second-order valence-electron chi connectivity index (χ2n) is 5.83. The van der Waals surface area contributed by atoms with Gasteiger partial charge in [-0.2, -0.15) is 10.2 Å². The molecule has 0 unspecified atom stereocenters. The van der Waals surface area contributed by atoms with E-state index in [0.29, 0.717) is 5.56 Å². The van der Waals surface area contributed by atoms with Gasteiger partial charge in [-0.15, -0.1) is 0 Å². The second-order valence-corrected chi connectivity index (χ2v) is 6.23. The number of benzene rings is 1. The molecule has 0 aliphatic rings. The fourth-order valence-corrected chi connectivity index (χ4v) is 2.71. The van der Waals surface area contributed by atoms with Crippen LogP contribution >= 0.6 is 11.6 Å². The fourth-order valence-electron chi connectivity index (χ4n) is 2.51. The average molecular weight is 406 g/mol. The maximum atomic E-state index is 13.8. The smallest absolute Gasteiger partial charge is 0.356 e. The van der Waals surface area contributed by atoms with Gasteiger partial charge in [0.2, 0.25) is 0 Å². The highest BCUT2D eigenvalue weighted by Crippen LogP contribution is 2.21. The summed E-state index contributed by atoms with van der Waals surface area (Å²) >= 11 is 6.12. The molecule has 0 aliphatic carbocycles. The summed E-state index contributed by atoms with van der Waals surface area (Å²) < 4.78 is 21.4. The van der Waals surface area contributed by atoms with Crippen LogP contribution in [0.15, 0.2) is 36.5 Å². The van der Waals surface area contributed by atoms with E-state index in [1.807, 2.05) is 0 Å². The van der Waals surface area contributed by atoms with Crippen molar-refractivity contribution >= 4 is 29.3 Å². The summed E-state index contributed by atoms with van der Waals surface area (Å²) in [5.74, 6) is -1.43. The SMILES string of the molecule is CCOC(=O)c1cc(C(=O)Nc2nn(Cc3ccccc3F)cc2Cl)nn1C. The van der Waals surface area contributed by atoms with Gasteiger partial charge in [0.1, 0.15) is 16.5 Å². The zero-order valence-corrected chi connectivity index (χ0v) is 15.9. The van der Waals surface area contributed by atoms with Crippen molar-refractivity contribution in [2.24, 2.45) is 7.05 Å². The van der Waals surface area contributed by atoms with Gasteiger partial charge in [0, 0.05) is 24.9 Å². The van der Waals surface area contributed by atoms with E-state index in [4.69, 9.17) is 16.3 Å². The van der Waals surface area contributed by atoms with Crippen LogP contribution in [0, 0.1) is 5.82 Å². The molecule has 0 saturated carbocycles. The molecule has 10 heteroatoms. The number of ether oxygens (including phenoxy) is 1. The van der Waals surface area contributed by atoms with Crippen molar-refractivity contribution in [2.75, 3.05) is 11.9 Å². The maximum Gasteiger partial charge on any atom is 0.356 e. The van der Waals surface area contributed by atoms with Crippen molar-refractivity contribution < 1.29 is 18.7 Å². The van der Waals surface area contributed by atoms with Gasteiger partial charge in [0.15, 0.2) is 11.5 Å². The summed E-state index contributed by atoms with van der Waals surface area (Å²) in [7, 11) is 1.53. The number of rotatable bonds is 6. The molecule has 146 valence electrons. The van der Waals surface area contributed by atoms with E-state index >= 15 is 0 Å². The Morgan fingerprint density at radius 2 is 2.04 bits per heavy atom. The summed E-state index contributed by atoms with van der Waals surface area (Å²) in [4.78, 5) is 24.3. The molecule has 3 aromatic rings. The topological polar surface area (TPSA) is 91.0 Å². The van der Waals surface area contributed by atoms with Gasteiger partial charge in [0.05, 0.1) is 13.2 Å². The van der Waals surface area contributed by atoms with E-state index in [9.17, 15) is 14.0 Å². The lowest BCUT2D eigenvalue weighted by Crippen LogP contribution is -2.14. The highest BCUT2D eigenvalue weighted by atomic mass is 35.5.